The van der Waals surface area contributed by atoms with Gasteiger partial charge in [0.1, 0.15) is 11.3 Å². The lowest BCUT2D eigenvalue weighted by molar-refractivity contribution is -0.115. The fourth-order valence-corrected chi connectivity index (χ4v) is 3.18. The second-order valence-electron chi connectivity index (χ2n) is 6.70. The predicted octanol–water partition coefficient (Wildman–Crippen LogP) is 3.80. The number of methoxy groups -OCH3 is 1. The Morgan fingerprint density at radius 3 is 2.57 bits per heavy atom. The molecular formula is C22H21NO5. The molecule has 6 heteroatoms. The maximum Gasteiger partial charge on any atom is 0.340 e. The molecule has 28 heavy (non-hydrogen) atoms. The average Bonchev–Trinajstić information content (AvgIpc) is 2.64. The first-order valence-corrected chi connectivity index (χ1v) is 8.82. The molecule has 1 N–H and O–H groups in total. The molecule has 0 unspecified atom stereocenters. The van der Waals surface area contributed by atoms with Crippen LogP contribution >= 0.6 is 0 Å². The normalized spacial score (nSPS) is 10.7. The summed E-state index contributed by atoms with van der Waals surface area (Å²) >= 11 is 0. The van der Waals surface area contributed by atoms with Crippen molar-refractivity contribution in [1.82, 2.24) is 0 Å². The van der Waals surface area contributed by atoms with Gasteiger partial charge in [0.2, 0.25) is 5.91 Å². The number of nitrogens with one attached hydrogen (secondary N) is 1. The van der Waals surface area contributed by atoms with E-state index in [1.165, 1.54) is 6.92 Å². The van der Waals surface area contributed by atoms with Crippen molar-refractivity contribution in [3.63, 3.8) is 0 Å². The summed E-state index contributed by atoms with van der Waals surface area (Å²) in [7, 11) is 1.55. The summed E-state index contributed by atoms with van der Waals surface area (Å²) in [5.74, 6) is 0.123. The molecule has 0 aliphatic rings. The van der Waals surface area contributed by atoms with Crippen LogP contribution in [0.2, 0.25) is 0 Å². The van der Waals surface area contributed by atoms with Crippen molar-refractivity contribution in [1.29, 1.82) is 0 Å². The number of rotatable bonds is 5. The summed E-state index contributed by atoms with van der Waals surface area (Å²) < 4.78 is 10.9. The zero-order chi connectivity index (χ0) is 20.4. The number of fused-ring (bicyclic) bond motifs is 1. The molecule has 6 nitrogen and oxygen atoms in total. The minimum absolute atomic E-state index is 0.0931. The molecule has 1 heterocycles. The van der Waals surface area contributed by atoms with Crippen LogP contribution in [-0.2, 0) is 11.2 Å². The number of Topliss-reactive ketones (excluding diaryl/α,β-unsaturated/α-hetero) is 1. The van der Waals surface area contributed by atoms with Crippen molar-refractivity contribution >= 4 is 28.3 Å². The number of hydrogen-bond acceptors (Lipinski definition) is 5. The summed E-state index contributed by atoms with van der Waals surface area (Å²) in [6.45, 7) is 5.11. The Bertz CT molecular complexity index is 1140. The highest BCUT2D eigenvalue weighted by Gasteiger charge is 2.18. The monoisotopic (exact) mass is 379 g/mol. The average molecular weight is 379 g/mol. The minimum Gasteiger partial charge on any atom is -0.496 e. The van der Waals surface area contributed by atoms with E-state index in [1.54, 1.807) is 44.4 Å². The van der Waals surface area contributed by atoms with Crippen molar-refractivity contribution in [3.8, 4) is 5.75 Å². The number of carbonyl (C=O) groups is 2. The minimum atomic E-state index is -0.551. The van der Waals surface area contributed by atoms with Crippen LogP contribution in [0.15, 0.2) is 45.6 Å². The van der Waals surface area contributed by atoms with E-state index in [2.05, 4.69) is 5.32 Å². The Morgan fingerprint density at radius 1 is 1.14 bits per heavy atom. The molecule has 0 radical (unpaired) electrons. The van der Waals surface area contributed by atoms with Gasteiger partial charge in [0.05, 0.1) is 24.5 Å². The molecule has 0 saturated carbocycles. The lowest BCUT2D eigenvalue weighted by Crippen LogP contribution is -2.21. The molecule has 0 bridgehead atoms. The van der Waals surface area contributed by atoms with E-state index in [4.69, 9.17) is 9.15 Å². The maximum absolute atomic E-state index is 12.5. The maximum atomic E-state index is 12.5. The third kappa shape index (κ3) is 3.81. The van der Waals surface area contributed by atoms with Crippen molar-refractivity contribution in [2.75, 3.05) is 12.4 Å². The van der Waals surface area contributed by atoms with Crippen molar-refractivity contribution in [3.05, 3.63) is 69.1 Å². The second-order valence-corrected chi connectivity index (χ2v) is 6.70. The molecule has 144 valence electrons. The molecule has 1 aromatic heterocycles. The smallest absolute Gasteiger partial charge is 0.340 e. The molecule has 0 fully saturated rings. The van der Waals surface area contributed by atoms with Gasteiger partial charge < -0.3 is 14.5 Å². The first kappa shape index (κ1) is 19.4. The second kappa shape index (κ2) is 7.68. The van der Waals surface area contributed by atoms with Crippen LogP contribution < -0.4 is 15.7 Å². The molecule has 2 aromatic carbocycles. The van der Waals surface area contributed by atoms with E-state index in [-0.39, 0.29) is 23.7 Å². The topological polar surface area (TPSA) is 85.6 Å². The van der Waals surface area contributed by atoms with E-state index in [0.717, 1.165) is 5.56 Å². The number of amides is 1. The third-order valence-electron chi connectivity index (χ3n) is 4.60. The van der Waals surface area contributed by atoms with Gasteiger partial charge in [-0.25, -0.2) is 4.79 Å². The van der Waals surface area contributed by atoms with Gasteiger partial charge in [-0.2, -0.15) is 0 Å². The summed E-state index contributed by atoms with van der Waals surface area (Å²) in [4.78, 5) is 36.5. The molecule has 0 aliphatic heterocycles. The molecule has 0 atom stereocenters. The Labute approximate surface area is 162 Å². The largest absolute Gasteiger partial charge is 0.496 e. The van der Waals surface area contributed by atoms with Crippen LogP contribution in [0.25, 0.3) is 11.0 Å². The number of ketones is 1. The molecule has 3 aromatic rings. The van der Waals surface area contributed by atoms with E-state index < -0.39 is 5.63 Å². The first-order chi connectivity index (χ1) is 13.3. The molecule has 3 rings (SSSR count). The summed E-state index contributed by atoms with van der Waals surface area (Å²) in [5.41, 5.74) is 2.70. The van der Waals surface area contributed by atoms with Crippen molar-refractivity contribution in [2.45, 2.75) is 27.2 Å². The van der Waals surface area contributed by atoms with E-state index in [1.807, 2.05) is 13.0 Å². The highest BCUT2D eigenvalue weighted by Crippen LogP contribution is 2.30. The Hall–Kier alpha value is -3.41. The molecular weight excluding hydrogens is 358 g/mol. The fraction of sp³-hybridized carbons (Fsp3) is 0.227. The van der Waals surface area contributed by atoms with Gasteiger partial charge in [0.15, 0.2) is 5.78 Å². The van der Waals surface area contributed by atoms with Crippen LogP contribution in [0.3, 0.4) is 0 Å². The zero-order valence-electron chi connectivity index (χ0n) is 16.2. The highest BCUT2D eigenvalue weighted by atomic mass is 16.5. The third-order valence-corrected chi connectivity index (χ3v) is 4.60. The molecule has 0 spiro atoms. The molecule has 0 saturated heterocycles. The quantitative estimate of drug-likeness (QED) is 0.538. The lowest BCUT2D eigenvalue weighted by atomic mass is 10.0. The summed E-state index contributed by atoms with van der Waals surface area (Å²) in [6.07, 6.45) is -0.147. The van der Waals surface area contributed by atoms with Crippen LogP contribution in [0.4, 0.5) is 5.69 Å². The number of ether oxygens (including phenoxy) is 1. The van der Waals surface area contributed by atoms with Gasteiger partial charge in [-0.3, -0.25) is 9.59 Å². The number of anilines is 1. The lowest BCUT2D eigenvalue weighted by Gasteiger charge is -2.12. The molecule has 1 amide bonds. The standard InChI is InChI=1S/C22H21NO5/c1-12-8-18(27-4)21-13(2)17(22(26)28-19(21)9-12)11-20(25)23-16-7-5-6-15(10-16)14(3)24/h5-10H,11H2,1-4H3,(H,23,25). The Balaban J connectivity index is 1.95. The van der Waals surface area contributed by atoms with Crippen molar-refractivity contribution < 1.29 is 18.7 Å². The van der Waals surface area contributed by atoms with E-state index in [9.17, 15) is 14.4 Å². The SMILES string of the molecule is COc1cc(C)cc2oc(=O)c(CC(=O)Nc3cccc(C(C)=O)c3)c(C)c12. The van der Waals surface area contributed by atoms with Gasteiger partial charge in [0, 0.05) is 11.3 Å². The van der Waals surface area contributed by atoms with Crippen LogP contribution in [-0.4, -0.2) is 18.8 Å². The first-order valence-electron chi connectivity index (χ1n) is 8.82. The Morgan fingerprint density at radius 2 is 1.89 bits per heavy atom. The van der Waals surface area contributed by atoms with E-state index in [0.29, 0.717) is 33.5 Å². The van der Waals surface area contributed by atoms with Crippen LogP contribution in [0.5, 0.6) is 5.75 Å². The number of aryl methyl sites for hydroxylation is 2. The summed E-state index contributed by atoms with van der Waals surface area (Å²) in [5, 5.41) is 3.40. The number of carbonyl (C=O) groups excluding carboxylic acids is 2. The van der Waals surface area contributed by atoms with Crippen LogP contribution in [0, 0.1) is 13.8 Å². The summed E-state index contributed by atoms with van der Waals surface area (Å²) in [6, 6.07) is 10.3. The zero-order valence-corrected chi connectivity index (χ0v) is 16.2. The Kier molecular flexibility index (Phi) is 5.31. The van der Waals surface area contributed by atoms with E-state index >= 15 is 0 Å². The number of benzene rings is 2. The van der Waals surface area contributed by atoms with Crippen LogP contribution in [0.1, 0.15) is 34.0 Å². The molecule has 0 aliphatic carbocycles. The van der Waals surface area contributed by atoms with Gasteiger partial charge >= 0.3 is 5.63 Å². The van der Waals surface area contributed by atoms with Crippen molar-refractivity contribution in [2.24, 2.45) is 0 Å². The predicted molar refractivity (Wildman–Crippen MR) is 107 cm³/mol. The van der Waals surface area contributed by atoms with Gasteiger partial charge in [-0.1, -0.05) is 12.1 Å². The highest BCUT2D eigenvalue weighted by molar-refractivity contribution is 5.98. The fourth-order valence-electron chi connectivity index (χ4n) is 3.18. The number of hydrogen-bond donors (Lipinski definition) is 1. The van der Waals surface area contributed by atoms with Gasteiger partial charge in [-0.15, -0.1) is 0 Å². The van der Waals surface area contributed by atoms with Gasteiger partial charge in [0.25, 0.3) is 0 Å². The van der Waals surface area contributed by atoms with Gasteiger partial charge in [-0.05, 0) is 56.2 Å².